The second-order valence-corrected chi connectivity index (χ2v) is 0.795. The van der Waals surface area contributed by atoms with Crippen LogP contribution in [-0.2, 0) is 4.79 Å². The molecule has 0 saturated carbocycles. The van der Waals surface area contributed by atoms with Gasteiger partial charge in [-0.25, -0.2) is 0 Å². The van der Waals surface area contributed by atoms with Crippen molar-refractivity contribution >= 4 is 17.6 Å². The zero-order chi connectivity index (χ0) is 4.28. The molecule has 0 fully saturated rings. The summed E-state index contributed by atoms with van der Waals surface area (Å²) in [6.07, 6.45) is 0. The molecule has 0 aliphatic carbocycles. The first kappa shape index (κ1) is 4.76. The van der Waals surface area contributed by atoms with Gasteiger partial charge in [0, 0.05) is 0 Å². The molecule has 0 bridgehead atoms. The summed E-state index contributed by atoms with van der Waals surface area (Å²) in [6.45, 7) is 0. The fourth-order valence-corrected chi connectivity index (χ4v) is 0. The molecule has 0 aliphatic heterocycles. The number of rotatable bonds is 1. The van der Waals surface area contributed by atoms with E-state index in [0.29, 0.717) is 0 Å². The molecule has 0 aromatic heterocycles. The van der Waals surface area contributed by atoms with Crippen LogP contribution in [0, 0.1) is 0 Å². The van der Waals surface area contributed by atoms with Gasteiger partial charge in [0.2, 0.25) is 0 Å². The Balaban J connectivity index is 2.85. The van der Waals surface area contributed by atoms with E-state index in [1.165, 1.54) is 0 Å². The monoisotopic (exact) mass is 95.0 g/mol. The lowest BCUT2D eigenvalue weighted by molar-refractivity contribution is -0.134. The van der Waals surface area contributed by atoms with Crippen LogP contribution in [0.25, 0.3) is 0 Å². The minimum atomic E-state index is -0.980. The van der Waals surface area contributed by atoms with E-state index >= 15 is 0 Å². The summed E-state index contributed by atoms with van der Waals surface area (Å²) in [5.74, 6) is -1.29. The van der Waals surface area contributed by atoms with E-state index in [4.69, 9.17) is 16.7 Å². The van der Waals surface area contributed by atoms with E-state index in [9.17, 15) is 4.79 Å². The lowest BCUT2D eigenvalue weighted by atomic mass is 11.2. The first-order valence-electron chi connectivity index (χ1n) is 1.05. The molecule has 0 atom stereocenters. The molecule has 3 heteroatoms. The van der Waals surface area contributed by atoms with Gasteiger partial charge in [-0.05, 0) is 0 Å². The number of alkyl halides is 1. The molecule has 0 rings (SSSR count). The van der Waals surface area contributed by atoms with Crippen LogP contribution < -0.4 is 0 Å². The van der Waals surface area contributed by atoms with Crippen LogP contribution >= 0.6 is 11.6 Å². The molecule has 0 aromatic rings. The Labute approximate surface area is 34.4 Å². The van der Waals surface area contributed by atoms with Gasteiger partial charge in [-0.3, -0.25) is 4.79 Å². The van der Waals surface area contributed by atoms with Crippen molar-refractivity contribution in [2.75, 3.05) is 5.88 Å². The minimum absolute atomic E-state index is 0.306. The summed E-state index contributed by atoms with van der Waals surface area (Å²) in [5, 5.41) is 7.59. The number of halogens is 1. The first-order valence-corrected chi connectivity index (χ1v) is 1.58. The molecular weight excluding hydrogens is 92.5 g/mol. The minimum Gasteiger partial charge on any atom is -0.480 e. The third-order valence-electron chi connectivity index (χ3n) is 0.114. The number of hydrogen-bond donors (Lipinski definition) is 1. The van der Waals surface area contributed by atoms with Gasteiger partial charge in [0.05, 0.1) is 0 Å². The highest BCUT2D eigenvalue weighted by Crippen LogP contribution is 1.67. The van der Waals surface area contributed by atoms with E-state index in [0.717, 1.165) is 0 Å². The van der Waals surface area contributed by atoms with Crippen molar-refractivity contribution in [3.05, 3.63) is 0 Å². The van der Waals surface area contributed by atoms with Crippen LogP contribution in [0.1, 0.15) is 0 Å². The van der Waals surface area contributed by atoms with Crippen molar-refractivity contribution in [1.29, 1.82) is 0 Å². The fraction of sp³-hybridized carbons (Fsp3) is 0.500. The molecular formula is C2H3ClO2. The molecule has 0 radical (unpaired) electrons. The number of hydrogen-bond acceptors (Lipinski definition) is 1. The van der Waals surface area contributed by atoms with Gasteiger partial charge >= 0.3 is 5.97 Å². The topological polar surface area (TPSA) is 37.3 Å². The van der Waals surface area contributed by atoms with Crippen molar-refractivity contribution < 1.29 is 9.90 Å². The van der Waals surface area contributed by atoms with Gasteiger partial charge in [-0.1, -0.05) is 0 Å². The quantitative estimate of drug-likeness (QED) is 0.376. The second-order valence-electron chi connectivity index (χ2n) is 0.527. The van der Waals surface area contributed by atoms with E-state index < -0.39 is 5.97 Å². The third-order valence-corrected chi connectivity index (χ3v) is 0.343. The summed E-state index contributed by atoms with van der Waals surface area (Å²) < 4.78 is 0. The van der Waals surface area contributed by atoms with Gasteiger partial charge in [-0.2, -0.15) is 0 Å². The van der Waals surface area contributed by atoms with Gasteiger partial charge < -0.3 is 5.11 Å². The Morgan fingerprint density at radius 1 is 2.00 bits per heavy atom. The van der Waals surface area contributed by atoms with Crippen LogP contribution in [0.2, 0.25) is 0 Å². The van der Waals surface area contributed by atoms with Gasteiger partial charge in [-0.15, -0.1) is 11.6 Å². The Bertz CT molecular complexity index is 42.9. The normalized spacial score (nSPS) is 7.40. The zero-order valence-electron chi connectivity index (χ0n) is 2.44. The average Bonchev–Trinajstić information content (AvgIpc) is 1.38. The Morgan fingerprint density at radius 3 is 2.20 bits per heavy atom. The third kappa shape index (κ3) is 3.76. The van der Waals surface area contributed by atoms with Crippen molar-refractivity contribution in [1.82, 2.24) is 0 Å². The Hall–Kier alpha value is -0.240. The summed E-state index contributed by atoms with van der Waals surface area (Å²) in [5.41, 5.74) is 0. The number of carboxylic acid groups (broad SMARTS) is 1. The summed E-state index contributed by atoms with van der Waals surface area (Å²) in [7, 11) is 0. The molecule has 0 heterocycles. The molecule has 0 aromatic carbocycles. The van der Waals surface area contributed by atoms with Crippen LogP contribution in [0.15, 0.2) is 0 Å². The van der Waals surface area contributed by atoms with Gasteiger partial charge in [0.1, 0.15) is 5.88 Å². The summed E-state index contributed by atoms with van der Waals surface area (Å²) in [6, 6.07) is 0. The van der Waals surface area contributed by atoms with Crippen molar-refractivity contribution in [3.8, 4) is 0 Å². The zero-order valence-corrected chi connectivity index (χ0v) is 3.20. The van der Waals surface area contributed by atoms with Crippen LogP contribution in [0.4, 0.5) is 0 Å². The molecule has 30 valence electrons. The van der Waals surface area contributed by atoms with Crippen molar-refractivity contribution in [3.63, 3.8) is 0 Å². The standard InChI is InChI=1S/C2H3ClO2/c3-1-2(4)5/h1H2,(H,4,5)/i1+1. The van der Waals surface area contributed by atoms with Crippen LogP contribution in [0.5, 0.6) is 0 Å². The molecule has 1 N–H and O–H groups in total. The first-order chi connectivity index (χ1) is 2.27. The molecule has 5 heavy (non-hydrogen) atoms. The maximum atomic E-state index is 9.24. The SMILES string of the molecule is O=C(O)[13CH2]Cl. The number of carbonyl (C=O) groups is 1. The highest BCUT2D eigenvalue weighted by Gasteiger charge is 1.83. The molecule has 0 aliphatic rings. The fourth-order valence-electron chi connectivity index (χ4n) is 0. The lowest BCUT2D eigenvalue weighted by Crippen LogP contribution is -1.92. The van der Waals surface area contributed by atoms with Crippen molar-refractivity contribution in [2.24, 2.45) is 0 Å². The predicted octanol–water partition coefficient (Wildman–Crippen LogP) is 0.310. The van der Waals surface area contributed by atoms with E-state index in [-0.39, 0.29) is 5.88 Å². The molecule has 2 nitrogen and oxygen atoms in total. The van der Waals surface area contributed by atoms with Gasteiger partial charge in [0.15, 0.2) is 0 Å². The van der Waals surface area contributed by atoms with Gasteiger partial charge in [0.25, 0.3) is 0 Å². The maximum Gasteiger partial charge on any atom is 0.318 e. The van der Waals surface area contributed by atoms with E-state index in [1.54, 1.807) is 0 Å². The highest BCUT2D eigenvalue weighted by molar-refractivity contribution is 6.26. The Morgan fingerprint density at radius 2 is 2.20 bits per heavy atom. The van der Waals surface area contributed by atoms with Crippen LogP contribution in [-0.4, -0.2) is 17.0 Å². The molecule has 0 spiro atoms. The lowest BCUT2D eigenvalue weighted by Gasteiger charge is -1.69. The van der Waals surface area contributed by atoms with Crippen molar-refractivity contribution in [2.45, 2.75) is 0 Å². The number of aliphatic carboxylic acids is 1. The van der Waals surface area contributed by atoms with E-state index in [2.05, 4.69) is 0 Å². The van der Waals surface area contributed by atoms with Crippen LogP contribution in [0.3, 0.4) is 0 Å². The Kier molecular flexibility index (Phi) is 1.93. The summed E-state index contributed by atoms with van der Waals surface area (Å²) >= 11 is 4.74. The molecule has 0 amide bonds. The molecule has 0 unspecified atom stereocenters. The highest BCUT2D eigenvalue weighted by atomic mass is 35.5. The maximum absolute atomic E-state index is 9.24. The molecule has 0 saturated heterocycles. The number of carboxylic acids is 1. The largest absolute Gasteiger partial charge is 0.480 e. The predicted molar refractivity (Wildman–Crippen MR) is 18.4 cm³/mol. The van der Waals surface area contributed by atoms with E-state index in [1.807, 2.05) is 0 Å². The smallest absolute Gasteiger partial charge is 0.318 e. The summed E-state index contributed by atoms with van der Waals surface area (Å²) in [4.78, 5) is 9.24. The second kappa shape index (κ2) is 2.03. The average molecular weight is 95.5 g/mol.